The van der Waals surface area contributed by atoms with Gasteiger partial charge in [-0.05, 0) is 49.1 Å². The van der Waals surface area contributed by atoms with E-state index in [1.54, 1.807) is 0 Å². The van der Waals surface area contributed by atoms with Gasteiger partial charge in [-0.1, -0.05) is 38.1 Å². The standard InChI is InChI=1S/C21H26FN3O5S/c1-13(2)16-10-9-14(3)11-18(16)30-12-20(26)23-24-21(27)15(4)25-31(28,29)19-8-6-5-7-17(19)22/h5-11,13,15,25H,12H2,1-4H3,(H,23,26)(H,24,27)/t15-/m1/s1. The summed E-state index contributed by atoms with van der Waals surface area (Å²) >= 11 is 0. The largest absolute Gasteiger partial charge is 0.483 e. The molecule has 2 aromatic rings. The van der Waals surface area contributed by atoms with E-state index in [1.165, 1.54) is 19.1 Å². The number of hydrogen-bond donors (Lipinski definition) is 3. The van der Waals surface area contributed by atoms with Gasteiger partial charge in [-0.3, -0.25) is 20.4 Å². The Balaban J connectivity index is 1.89. The maximum atomic E-state index is 13.7. The molecule has 3 N–H and O–H groups in total. The van der Waals surface area contributed by atoms with E-state index in [0.717, 1.165) is 23.3 Å². The molecule has 31 heavy (non-hydrogen) atoms. The molecule has 0 spiro atoms. The molecule has 0 aliphatic heterocycles. The van der Waals surface area contributed by atoms with Gasteiger partial charge in [-0.15, -0.1) is 0 Å². The third kappa shape index (κ3) is 6.76. The van der Waals surface area contributed by atoms with E-state index in [0.29, 0.717) is 5.75 Å². The molecule has 1 atom stereocenters. The first-order valence-electron chi connectivity index (χ1n) is 9.60. The zero-order chi connectivity index (χ0) is 23.2. The predicted molar refractivity (Wildman–Crippen MR) is 113 cm³/mol. The number of rotatable bonds is 8. The second-order valence-electron chi connectivity index (χ2n) is 7.30. The summed E-state index contributed by atoms with van der Waals surface area (Å²) in [5, 5.41) is 0. The average molecular weight is 452 g/mol. The molecule has 0 radical (unpaired) electrons. The van der Waals surface area contributed by atoms with Crippen molar-refractivity contribution < 1.29 is 27.1 Å². The summed E-state index contributed by atoms with van der Waals surface area (Å²) in [7, 11) is -4.26. The molecule has 0 heterocycles. The fourth-order valence-corrected chi connectivity index (χ4v) is 3.96. The van der Waals surface area contributed by atoms with Crippen LogP contribution < -0.4 is 20.3 Å². The number of sulfonamides is 1. The number of ether oxygens (including phenoxy) is 1. The van der Waals surface area contributed by atoms with Crippen LogP contribution in [0.4, 0.5) is 4.39 Å². The van der Waals surface area contributed by atoms with E-state index in [1.807, 2.05) is 39.0 Å². The van der Waals surface area contributed by atoms with Crippen molar-refractivity contribution in [2.45, 2.75) is 44.6 Å². The van der Waals surface area contributed by atoms with Crippen molar-refractivity contribution in [3.05, 3.63) is 59.4 Å². The zero-order valence-electron chi connectivity index (χ0n) is 17.7. The lowest BCUT2D eigenvalue weighted by molar-refractivity contribution is -0.130. The van der Waals surface area contributed by atoms with Crippen LogP contribution in [0.25, 0.3) is 0 Å². The van der Waals surface area contributed by atoms with Crippen LogP contribution in [0.15, 0.2) is 47.4 Å². The van der Waals surface area contributed by atoms with Gasteiger partial charge in [0.05, 0.1) is 6.04 Å². The van der Waals surface area contributed by atoms with Crippen molar-refractivity contribution in [1.29, 1.82) is 0 Å². The summed E-state index contributed by atoms with van der Waals surface area (Å²) in [6, 6.07) is 9.22. The summed E-state index contributed by atoms with van der Waals surface area (Å²) in [4.78, 5) is 23.6. The molecule has 2 aromatic carbocycles. The Morgan fingerprint density at radius 2 is 1.74 bits per heavy atom. The van der Waals surface area contributed by atoms with Crippen LogP contribution in [0, 0.1) is 12.7 Å². The average Bonchev–Trinajstić information content (AvgIpc) is 2.70. The van der Waals surface area contributed by atoms with E-state index in [-0.39, 0.29) is 12.5 Å². The van der Waals surface area contributed by atoms with E-state index < -0.39 is 38.6 Å². The van der Waals surface area contributed by atoms with Gasteiger partial charge in [-0.2, -0.15) is 4.72 Å². The molecular formula is C21H26FN3O5S. The van der Waals surface area contributed by atoms with Gasteiger partial charge in [0.15, 0.2) is 6.61 Å². The van der Waals surface area contributed by atoms with Crippen molar-refractivity contribution in [1.82, 2.24) is 15.6 Å². The molecule has 2 rings (SSSR count). The minimum Gasteiger partial charge on any atom is -0.483 e. The highest BCUT2D eigenvalue weighted by Crippen LogP contribution is 2.27. The Morgan fingerprint density at radius 3 is 2.39 bits per heavy atom. The van der Waals surface area contributed by atoms with Gasteiger partial charge < -0.3 is 4.74 Å². The Hall–Kier alpha value is -2.98. The first kappa shape index (κ1) is 24.3. The van der Waals surface area contributed by atoms with E-state index in [4.69, 9.17) is 4.74 Å². The minimum absolute atomic E-state index is 0.196. The van der Waals surface area contributed by atoms with Gasteiger partial charge in [0, 0.05) is 0 Å². The number of hydrazine groups is 1. The molecule has 0 fully saturated rings. The summed E-state index contributed by atoms with van der Waals surface area (Å²) in [5.74, 6) is -1.63. The fourth-order valence-electron chi connectivity index (χ4n) is 2.67. The Labute approximate surface area is 181 Å². The number of halogens is 1. The normalized spacial score (nSPS) is 12.3. The number of hydrogen-bond acceptors (Lipinski definition) is 5. The number of carbonyl (C=O) groups excluding carboxylic acids is 2. The van der Waals surface area contributed by atoms with Gasteiger partial charge in [0.2, 0.25) is 10.0 Å². The van der Waals surface area contributed by atoms with Crippen LogP contribution in [0.5, 0.6) is 5.75 Å². The Morgan fingerprint density at radius 1 is 1.06 bits per heavy atom. The van der Waals surface area contributed by atoms with Crippen LogP contribution in [0.2, 0.25) is 0 Å². The molecule has 0 saturated heterocycles. The summed E-state index contributed by atoms with van der Waals surface area (Å²) in [6.45, 7) is 6.82. The van der Waals surface area contributed by atoms with Crippen LogP contribution in [-0.4, -0.2) is 32.9 Å². The first-order chi connectivity index (χ1) is 14.5. The third-order valence-electron chi connectivity index (χ3n) is 4.33. The first-order valence-corrected chi connectivity index (χ1v) is 11.1. The lowest BCUT2D eigenvalue weighted by atomic mass is 10.0. The van der Waals surface area contributed by atoms with Crippen LogP contribution in [-0.2, 0) is 19.6 Å². The number of nitrogens with one attached hydrogen (secondary N) is 3. The molecule has 0 aliphatic carbocycles. The molecule has 0 aliphatic rings. The number of aryl methyl sites for hydroxylation is 1. The predicted octanol–water partition coefficient (Wildman–Crippen LogP) is 2.15. The van der Waals surface area contributed by atoms with Gasteiger partial charge in [0.1, 0.15) is 16.5 Å². The highest BCUT2D eigenvalue weighted by molar-refractivity contribution is 7.89. The van der Waals surface area contributed by atoms with Crippen molar-refractivity contribution in [3.8, 4) is 5.75 Å². The molecule has 2 amide bonds. The SMILES string of the molecule is Cc1ccc(C(C)C)c(OCC(=O)NNC(=O)[C@@H](C)NS(=O)(=O)c2ccccc2F)c1. The molecule has 10 heteroatoms. The summed E-state index contributed by atoms with van der Waals surface area (Å²) in [5.41, 5.74) is 6.20. The number of carbonyl (C=O) groups is 2. The van der Waals surface area contributed by atoms with Crippen molar-refractivity contribution in [3.63, 3.8) is 0 Å². The van der Waals surface area contributed by atoms with Crippen molar-refractivity contribution in [2.75, 3.05) is 6.61 Å². The van der Waals surface area contributed by atoms with E-state index in [2.05, 4.69) is 15.6 Å². The molecule has 0 bridgehead atoms. The van der Waals surface area contributed by atoms with Gasteiger partial charge in [0.25, 0.3) is 11.8 Å². The molecule has 0 unspecified atom stereocenters. The minimum atomic E-state index is -4.26. The molecule has 0 aromatic heterocycles. The highest BCUT2D eigenvalue weighted by Gasteiger charge is 2.24. The third-order valence-corrected chi connectivity index (χ3v) is 5.90. The van der Waals surface area contributed by atoms with Crippen molar-refractivity contribution in [2.24, 2.45) is 0 Å². The van der Waals surface area contributed by atoms with Crippen LogP contribution >= 0.6 is 0 Å². The summed E-state index contributed by atoms with van der Waals surface area (Å²) in [6.07, 6.45) is 0. The highest BCUT2D eigenvalue weighted by atomic mass is 32.2. The topological polar surface area (TPSA) is 114 Å². The maximum Gasteiger partial charge on any atom is 0.276 e. The number of amides is 2. The molecule has 0 saturated carbocycles. The Kier molecular flexibility index (Phi) is 8.12. The van der Waals surface area contributed by atoms with Crippen LogP contribution in [0.3, 0.4) is 0 Å². The zero-order valence-corrected chi connectivity index (χ0v) is 18.5. The van der Waals surface area contributed by atoms with Gasteiger partial charge in [-0.25, -0.2) is 12.8 Å². The second kappa shape index (κ2) is 10.4. The van der Waals surface area contributed by atoms with E-state index in [9.17, 15) is 22.4 Å². The van der Waals surface area contributed by atoms with E-state index >= 15 is 0 Å². The molecule has 8 nitrogen and oxygen atoms in total. The number of benzene rings is 2. The lowest BCUT2D eigenvalue weighted by Gasteiger charge is -2.16. The maximum absolute atomic E-state index is 13.7. The summed E-state index contributed by atoms with van der Waals surface area (Å²) < 4.78 is 45.8. The smallest absolute Gasteiger partial charge is 0.276 e. The molecule has 168 valence electrons. The van der Waals surface area contributed by atoms with Crippen molar-refractivity contribution >= 4 is 21.8 Å². The molecular weight excluding hydrogens is 425 g/mol. The monoisotopic (exact) mass is 451 g/mol. The second-order valence-corrected chi connectivity index (χ2v) is 8.98. The quantitative estimate of drug-likeness (QED) is 0.532. The van der Waals surface area contributed by atoms with Gasteiger partial charge >= 0.3 is 0 Å². The van der Waals surface area contributed by atoms with Crippen LogP contribution in [0.1, 0.15) is 37.8 Å². The Bertz CT molecular complexity index is 1060. The fraction of sp³-hybridized carbons (Fsp3) is 0.333. The lowest BCUT2D eigenvalue weighted by Crippen LogP contribution is -2.51.